The van der Waals surface area contributed by atoms with Gasteiger partial charge in [-0.05, 0) is 99.2 Å². The lowest BCUT2D eigenvalue weighted by Gasteiger charge is -2.34. The van der Waals surface area contributed by atoms with Crippen LogP contribution < -0.4 is 5.73 Å². The predicted octanol–water partition coefficient (Wildman–Crippen LogP) is 5.20. The zero-order valence-corrected chi connectivity index (χ0v) is 25.4. The number of allylic oxidation sites excluding steroid dienone is 1. The number of hydrogen-bond donors (Lipinski definition) is 6. The minimum Gasteiger partial charge on any atom is -0.481 e. The van der Waals surface area contributed by atoms with Crippen LogP contribution >= 0.6 is 0 Å². The van der Waals surface area contributed by atoms with Crippen LogP contribution in [0.1, 0.15) is 115 Å². The van der Waals surface area contributed by atoms with E-state index in [2.05, 4.69) is 24.1 Å². The minimum atomic E-state index is -1.33. The molecule has 2 saturated carbocycles. The Labute approximate surface area is 251 Å². The zero-order chi connectivity index (χ0) is 30.3. The molecular formula is C34H54N2O6. The SMILES string of the molecule is CCCCCC1C=CC(CCCCCC(C(=O)O)C(O)CCC2(O)C(O)CC3C(c4ccnc(N)c4)CCC32)C(O)C1. The number of aromatic nitrogens is 1. The van der Waals surface area contributed by atoms with Crippen molar-refractivity contribution in [2.45, 2.75) is 133 Å². The lowest BCUT2D eigenvalue weighted by Crippen LogP contribution is -2.44. The molecule has 0 aliphatic heterocycles. The van der Waals surface area contributed by atoms with Crippen molar-refractivity contribution in [1.29, 1.82) is 0 Å². The Morgan fingerprint density at radius 1 is 1.07 bits per heavy atom. The molecule has 3 aliphatic rings. The van der Waals surface area contributed by atoms with E-state index in [0.29, 0.717) is 31.0 Å². The van der Waals surface area contributed by atoms with E-state index in [-0.39, 0.29) is 42.6 Å². The minimum absolute atomic E-state index is 0.0989. The molecule has 0 bridgehead atoms. The molecule has 1 aromatic rings. The quantitative estimate of drug-likeness (QED) is 0.114. The van der Waals surface area contributed by atoms with E-state index >= 15 is 0 Å². The van der Waals surface area contributed by atoms with E-state index in [1.54, 1.807) is 6.20 Å². The number of nitrogen functional groups attached to an aromatic ring is 1. The van der Waals surface area contributed by atoms with Crippen LogP contribution in [0.15, 0.2) is 30.5 Å². The monoisotopic (exact) mass is 586 g/mol. The van der Waals surface area contributed by atoms with Gasteiger partial charge in [-0.1, -0.05) is 57.6 Å². The second kappa shape index (κ2) is 15.1. The third kappa shape index (κ3) is 7.93. The number of hydrogen-bond acceptors (Lipinski definition) is 7. The summed E-state index contributed by atoms with van der Waals surface area (Å²) < 4.78 is 0. The van der Waals surface area contributed by atoms with Crippen molar-refractivity contribution in [3.63, 3.8) is 0 Å². The second-order valence-electron chi connectivity index (χ2n) is 13.5. The summed E-state index contributed by atoms with van der Waals surface area (Å²) in [6.07, 6.45) is 15.7. The third-order valence-corrected chi connectivity index (χ3v) is 10.8. The number of anilines is 1. The Hall–Kier alpha value is -2.00. The number of nitrogens with zero attached hydrogens (tertiary/aromatic N) is 1. The van der Waals surface area contributed by atoms with Gasteiger partial charge < -0.3 is 31.3 Å². The number of fused-ring (bicyclic) bond motifs is 1. The lowest BCUT2D eigenvalue weighted by atomic mass is 9.79. The third-order valence-electron chi connectivity index (χ3n) is 10.8. The number of carbonyl (C=O) groups is 1. The van der Waals surface area contributed by atoms with E-state index in [0.717, 1.165) is 50.5 Å². The maximum absolute atomic E-state index is 12.0. The zero-order valence-electron chi connectivity index (χ0n) is 25.4. The number of aliphatic hydroxyl groups is 4. The van der Waals surface area contributed by atoms with E-state index in [1.165, 1.54) is 19.3 Å². The number of unbranched alkanes of at least 4 members (excludes halogenated alkanes) is 4. The van der Waals surface area contributed by atoms with Crippen molar-refractivity contribution >= 4 is 11.8 Å². The van der Waals surface area contributed by atoms with Gasteiger partial charge in [-0.15, -0.1) is 0 Å². The summed E-state index contributed by atoms with van der Waals surface area (Å²) in [6, 6.07) is 3.82. The van der Waals surface area contributed by atoms with E-state index in [4.69, 9.17) is 5.73 Å². The first kappa shape index (κ1) is 32.9. The van der Waals surface area contributed by atoms with Gasteiger partial charge in [0, 0.05) is 12.1 Å². The maximum Gasteiger partial charge on any atom is 0.309 e. The van der Waals surface area contributed by atoms with Gasteiger partial charge in [0.05, 0.1) is 29.8 Å². The van der Waals surface area contributed by atoms with E-state index in [1.807, 2.05) is 12.1 Å². The molecule has 0 radical (unpaired) electrons. The molecule has 8 nitrogen and oxygen atoms in total. The fourth-order valence-corrected chi connectivity index (χ4v) is 8.32. The average Bonchev–Trinajstić information content (AvgIpc) is 3.48. The first-order valence-electron chi connectivity index (χ1n) is 16.5. The fraction of sp³-hybridized carbons (Fsp3) is 0.765. The van der Waals surface area contributed by atoms with Crippen LogP contribution in [0, 0.1) is 29.6 Å². The van der Waals surface area contributed by atoms with Gasteiger partial charge >= 0.3 is 5.97 Å². The smallest absolute Gasteiger partial charge is 0.309 e. The standard InChI is InChI=1S/C34H54N2O6/c1-2-3-5-8-22-11-12-23(30(38)19-22)9-6-4-7-10-26(33(40)41)29(37)15-17-34(42)28-14-13-25(27(28)21-31(34)39)24-16-18-36-32(35)20-24/h11-12,16,18,20,22-23,25-31,37-39,42H,2-10,13-15,17,19,21H2,1H3,(H2,35,36)(H,40,41). The van der Waals surface area contributed by atoms with Crippen LogP contribution in [0.2, 0.25) is 0 Å². The number of carboxylic acids is 1. The van der Waals surface area contributed by atoms with Crippen LogP contribution in [-0.4, -0.2) is 60.4 Å². The average molecular weight is 587 g/mol. The van der Waals surface area contributed by atoms with Crippen LogP contribution in [0.3, 0.4) is 0 Å². The van der Waals surface area contributed by atoms with Crippen LogP contribution in [-0.2, 0) is 4.79 Å². The first-order chi connectivity index (χ1) is 20.1. The highest BCUT2D eigenvalue weighted by Gasteiger charge is 2.58. The summed E-state index contributed by atoms with van der Waals surface area (Å²) in [6.45, 7) is 2.20. The molecule has 10 unspecified atom stereocenters. The first-order valence-corrected chi connectivity index (χ1v) is 16.5. The van der Waals surface area contributed by atoms with Crippen molar-refractivity contribution in [1.82, 2.24) is 4.98 Å². The van der Waals surface area contributed by atoms with Gasteiger partial charge in [0.25, 0.3) is 0 Å². The molecule has 4 rings (SSSR count). The summed E-state index contributed by atoms with van der Waals surface area (Å²) >= 11 is 0. The second-order valence-corrected chi connectivity index (χ2v) is 13.5. The number of rotatable bonds is 16. The van der Waals surface area contributed by atoms with Crippen molar-refractivity contribution in [3.05, 3.63) is 36.0 Å². The van der Waals surface area contributed by atoms with E-state index in [9.17, 15) is 30.3 Å². The highest BCUT2D eigenvalue weighted by atomic mass is 16.4. The van der Waals surface area contributed by atoms with Crippen LogP contribution in [0.4, 0.5) is 5.82 Å². The Balaban J connectivity index is 1.21. The summed E-state index contributed by atoms with van der Waals surface area (Å²) in [5.74, 6) is -0.603. The molecule has 2 fully saturated rings. The largest absolute Gasteiger partial charge is 0.481 e. The number of aliphatic carboxylic acids is 1. The van der Waals surface area contributed by atoms with Gasteiger partial charge in [-0.2, -0.15) is 0 Å². The molecule has 0 aromatic carbocycles. The number of carboxylic acid groups (broad SMARTS) is 1. The van der Waals surface area contributed by atoms with Crippen molar-refractivity contribution < 1.29 is 30.3 Å². The molecule has 236 valence electrons. The van der Waals surface area contributed by atoms with Gasteiger partial charge in [0.15, 0.2) is 0 Å². The van der Waals surface area contributed by atoms with Crippen molar-refractivity contribution in [2.75, 3.05) is 5.73 Å². The Morgan fingerprint density at radius 3 is 2.57 bits per heavy atom. The van der Waals surface area contributed by atoms with Gasteiger partial charge in [0.1, 0.15) is 5.82 Å². The van der Waals surface area contributed by atoms with Crippen LogP contribution in [0.5, 0.6) is 0 Å². The molecule has 10 atom stereocenters. The molecule has 3 aliphatic carbocycles. The Kier molecular flexibility index (Phi) is 11.9. The molecular weight excluding hydrogens is 532 g/mol. The highest BCUT2D eigenvalue weighted by Crippen LogP contribution is 2.57. The molecule has 1 aromatic heterocycles. The Morgan fingerprint density at radius 2 is 1.86 bits per heavy atom. The molecule has 8 heteroatoms. The van der Waals surface area contributed by atoms with Crippen molar-refractivity contribution in [2.24, 2.45) is 29.6 Å². The molecule has 0 spiro atoms. The molecule has 1 heterocycles. The molecule has 0 saturated heterocycles. The number of aliphatic hydroxyl groups excluding tert-OH is 3. The summed E-state index contributed by atoms with van der Waals surface area (Å²) in [4.78, 5) is 16.1. The van der Waals surface area contributed by atoms with Gasteiger partial charge in [0.2, 0.25) is 0 Å². The lowest BCUT2D eigenvalue weighted by molar-refractivity contribution is -0.147. The Bertz CT molecular complexity index is 1040. The topological polar surface area (TPSA) is 157 Å². The highest BCUT2D eigenvalue weighted by molar-refractivity contribution is 5.70. The predicted molar refractivity (Wildman–Crippen MR) is 164 cm³/mol. The van der Waals surface area contributed by atoms with Gasteiger partial charge in [-0.25, -0.2) is 4.98 Å². The van der Waals surface area contributed by atoms with Gasteiger partial charge in [-0.3, -0.25) is 4.79 Å². The molecule has 0 amide bonds. The van der Waals surface area contributed by atoms with E-state index < -0.39 is 29.7 Å². The molecule has 42 heavy (non-hydrogen) atoms. The fourth-order valence-electron chi connectivity index (χ4n) is 8.32. The maximum atomic E-state index is 12.0. The van der Waals surface area contributed by atoms with Crippen LogP contribution in [0.25, 0.3) is 0 Å². The van der Waals surface area contributed by atoms with Crippen molar-refractivity contribution in [3.8, 4) is 0 Å². The summed E-state index contributed by atoms with van der Waals surface area (Å²) in [5, 5.41) is 53.9. The number of pyridine rings is 1. The summed E-state index contributed by atoms with van der Waals surface area (Å²) in [5.41, 5.74) is 5.65. The normalized spacial score (nSPS) is 33.9. The summed E-state index contributed by atoms with van der Waals surface area (Å²) in [7, 11) is 0. The number of nitrogens with two attached hydrogens (primary N) is 1. The molecule has 7 N–H and O–H groups in total.